The first-order valence-corrected chi connectivity index (χ1v) is 8.29. The van der Waals surface area contributed by atoms with Crippen LogP contribution in [0.25, 0.3) is 0 Å². The number of thiophene rings is 1. The Balaban J connectivity index is 1.54. The molecule has 0 fully saturated rings. The number of rotatable bonds is 3. The Kier molecular flexibility index (Phi) is 3.29. The minimum Gasteiger partial charge on any atom is -0.485 e. The minimum absolute atomic E-state index is 0.0495. The number of hydrogen-bond acceptors (Lipinski definition) is 5. The molecule has 0 saturated heterocycles. The number of H-pyrrole nitrogens is 1. The quantitative estimate of drug-likeness (QED) is 0.939. The van der Waals surface area contributed by atoms with E-state index < -0.39 is 0 Å². The summed E-state index contributed by atoms with van der Waals surface area (Å²) >= 11 is 1.37. The Bertz CT molecular complexity index is 722. The Labute approximate surface area is 132 Å². The summed E-state index contributed by atoms with van der Waals surface area (Å²) in [5.74, 6) is 1.21. The van der Waals surface area contributed by atoms with Gasteiger partial charge in [-0.2, -0.15) is 5.10 Å². The van der Waals surface area contributed by atoms with E-state index in [1.165, 1.54) is 22.6 Å². The maximum Gasteiger partial charge on any atom is 0.267 e. The van der Waals surface area contributed by atoms with E-state index in [1.54, 1.807) is 11.9 Å². The third kappa shape index (κ3) is 2.16. The second kappa shape index (κ2) is 5.31. The fourth-order valence-electron chi connectivity index (χ4n) is 3.00. The average molecular weight is 319 g/mol. The fourth-order valence-corrected chi connectivity index (χ4v) is 3.92. The Morgan fingerprint density at radius 2 is 2.27 bits per heavy atom. The number of ether oxygens (including phenoxy) is 2. The van der Waals surface area contributed by atoms with Crippen molar-refractivity contribution in [1.82, 2.24) is 15.1 Å². The lowest BCUT2D eigenvalue weighted by Gasteiger charge is -2.19. The van der Waals surface area contributed by atoms with Crippen molar-refractivity contribution in [1.29, 1.82) is 0 Å². The smallest absolute Gasteiger partial charge is 0.267 e. The van der Waals surface area contributed by atoms with E-state index in [0.29, 0.717) is 36.1 Å². The zero-order valence-corrected chi connectivity index (χ0v) is 13.2. The lowest BCUT2D eigenvalue weighted by molar-refractivity contribution is 0.0779. The first-order valence-electron chi connectivity index (χ1n) is 7.41. The summed E-state index contributed by atoms with van der Waals surface area (Å²) in [4.78, 5) is 15.0. The predicted octanol–water partition coefficient (Wildman–Crippen LogP) is 2.00. The third-order valence-electron chi connectivity index (χ3n) is 4.12. The number of carbonyl (C=O) groups excluding carboxylic acids is 1. The van der Waals surface area contributed by atoms with Gasteiger partial charge in [0, 0.05) is 18.1 Å². The summed E-state index contributed by atoms with van der Waals surface area (Å²) < 4.78 is 11.1. The topological polar surface area (TPSA) is 67.5 Å². The van der Waals surface area contributed by atoms with Crippen LogP contribution < -0.4 is 9.47 Å². The van der Waals surface area contributed by atoms with Gasteiger partial charge in [0.1, 0.15) is 18.1 Å². The molecule has 6 nitrogen and oxygen atoms in total. The van der Waals surface area contributed by atoms with Crippen LogP contribution >= 0.6 is 11.3 Å². The second-order valence-electron chi connectivity index (χ2n) is 5.60. The van der Waals surface area contributed by atoms with E-state index in [1.807, 2.05) is 5.38 Å². The van der Waals surface area contributed by atoms with Crippen molar-refractivity contribution in [2.24, 2.45) is 0 Å². The standard InChI is InChI=1S/C15H17N3O3S/c1-18(7-11-9-3-2-4-10(9)16-17-11)15(19)14-13-12(8-22-14)20-5-6-21-13/h8H,2-7H2,1H3,(H,16,17). The van der Waals surface area contributed by atoms with E-state index in [4.69, 9.17) is 9.47 Å². The molecule has 2 aromatic heterocycles. The Hall–Kier alpha value is -2.02. The normalized spacial score (nSPS) is 15.7. The van der Waals surface area contributed by atoms with Gasteiger partial charge in [0.15, 0.2) is 11.5 Å². The fraction of sp³-hybridized carbons (Fsp3) is 0.467. The Morgan fingerprint density at radius 3 is 3.18 bits per heavy atom. The van der Waals surface area contributed by atoms with Crippen LogP contribution in [0.1, 0.15) is 33.0 Å². The number of aromatic nitrogens is 2. The number of aryl methyl sites for hydroxylation is 1. The van der Waals surface area contributed by atoms with Gasteiger partial charge in [-0.3, -0.25) is 9.89 Å². The molecule has 0 saturated carbocycles. The molecule has 3 heterocycles. The number of fused-ring (bicyclic) bond motifs is 2. The summed E-state index contributed by atoms with van der Waals surface area (Å²) in [6.45, 7) is 1.53. The average Bonchev–Trinajstić information content (AvgIpc) is 3.22. The van der Waals surface area contributed by atoms with Crippen LogP contribution in [-0.4, -0.2) is 41.3 Å². The molecule has 0 aromatic carbocycles. The minimum atomic E-state index is -0.0495. The number of carbonyl (C=O) groups is 1. The van der Waals surface area contributed by atoms with Crippen LogP contribution in [0.3, 0.4) is 0 Å². The molecule has 0 unspecified atom stereocenters. The van der Waals surface area contributed by atoms with Gasteiger partial charge in [-0.25, -0.2) is 0 Å². The molecule has 1 aliphatic heterocycles. The highest BCUT2D eigenvalue weighted by Crippen LogP contribution is 2.40. The summed E-state index contributed by atoms with van der Waals surface area (Å²) in [6.07, 6.45) is 3.27. The SMILES string of the molecule is CN(Cc1n[nH]c2c1CCC2)C(=O)c1scc2c1OCCO2. The van der Waals surface area contributed by atoms with E-state index >= 15 is 0 Å². The number of nitrogens with zero attached hydrogens (tertiary/aromatic N) is 2. The predicted molar refractivity (Wildman–Crippen MR) is 81.7 cm³/mol. The van der Waals surface area contributed by atoms with E-state index in [-0.39, 0.29) is 5.91 Å². The van der Waals surface area contributed by atoms with Gasteiger partial charge < -0.3 is 14.4 Å². The van der Waals surface area contributed by atoms with Crippen molar-refractivity contribution in [2.45, 2.75) is 25.8 Å². The van der Waals surface area contributed by atoms with Crippen molar-refractivity contribution in [3.05, 3.63) is 27.2 Å². The van der Waals surface area contributed by atoms with Gasteiger partial charge in [-0.05, 0) is 24.8 Å². The van der Waals surface area contributed by atoms with Crippen LogP contribution in [0, 0.1) is 0 Å². The second-order valence-corrected chi connectivity index (χ2v) is 6.48. The summed E-state index contributed by atoms with van der Waals surface area (Å²) in [6, 6.07) is 0. The molecule has 1 amide bonds. The molecular weight excluding hydrogens is 302 g/mol. The van der Waals surface area contributed by atoms with Gasteiger partial charge in [0.25, 0.3) is 5.91 Å². The summed E-state index contributed by atoms with van der Waals surface area (Å²) in [5, 5.41) is 9.28. The third-order valence-corrected chi connectivity index (χ3v) is 5.05. The molecule has 4 rings (SSSR count). The van der Waals surface area contributed by atoms with Crippen molar-refractivity contribution in [3.63, 3.8) is 0 Å². The molecule has 1 N–H and O–H groups in total. The lowest BCUT2D eigenvalue weighted by atomic mass is 10.2. The van der Waals surface area contributed by atoms with E-state index in [2.05, 4.69) is 10.2 Å². The molecule has 1 aliphatic carbocycles. The Morgan fingerprint density at radius 1 is 1.41 bits per heavy atom. The highest BCUT2D eigenvalue weighted by atomic mass is 32.1. The van der Waals surface area contributed by atoms with E-state index in [0.717, 1.165) is 25.0 Å². The van der Waals surface area contributed by atoms with Crippen LogP contribution in [0.2, 0.25) is 0 Å². The molecular formula is C15H17N3O3S. The number of amides is 1. The molecule has 2 aliphatic rings. The molecule has 0 bridgehead atoms. The van der Waals surface area contributed by atoms with Crippen molar-refractivity contribution >= 4 is 17.2 Å². The first-order chi connectivity index (χ1) is 10.7. The van der Waals surface area contributed by atoms with Crippen LogP contribution in [0.15, 0.2) is 5.38 Å². The van der Waals surface area contributed by atoms with Crippen LogP contribution in [0.4, 0.5) is 0 Å². The highest BCUT2D eigenvalue weighted by Gasteiger charge is 2.27. The van der Waals surface area contributed by atoms with Crippen LogP contribution in [0.5, 0.6) is 11.5 Å². The molecule has 0 atom stereocenters. The molecule has 0 radical (unpaired) electrons. The van der Waals surface area contributed by atoms with Gasteiger partial charge in [0.05, 0.1) is 12.2 Å². The van der Waals surface area contributed by atoms with Gasteiger partial charge in [-0.15, -0.1) is 11.3 Å². The molecule has 7 heteroatoms. The zero-order chi connectivity index (χ0) is 15.1. The number of hydrogen-bond donors (Lipinski definition) is 1. The first kappa shape index (κ1) is 13.6. The largest absolute Gasteiger partial charge is 0.485 e. The molecule has 22 heavy (non-hydrogen) atoms. The molecule has 116 valence electrons. The monoisotopic (exact) mass is 319 g/mol. The number of aromatic amines is 1. The summed E-state index contributed by atoms with van der Waals surface area (Å²) in [7, 11) is 1.80. The highest BCUT2D eigenvalue weighted by molar-refractivity contribution is 7.12. The maximum atomic E-state index is 12.7. The van der Waals surface area contributed by atoms with Crippen molar-refractivity contribution in [3.8, 4) is 11.5 Å². The van der Waals surface area contributed by atoms with Gasteiger partial charge in [0.2, 0.25) is 0 Å². The van der Waals surface area contributed by atoms with Crippen molar-refractivity contribution < 1.29 is 14.3 Å². The van der Waals surface area contributed by atoms with E-state index in [9.17, 15) is 4.79 Å². The molecule has 2 aromatic rings. The maximum absolute atomic E-state index is 12.7. The number of nitrogens with one attached hydrogen (secondary N) is 1. The van der Waals surface area contributed by atoms with Crippen LogP contribution in [-0.2, 0) is 19.4 Å². The van der Waals surface area contributed by atoms with Gasteiger partial charge in [-0.1, -0.05) is 0 Å². The lowest BCUT2D eigenvalue weighted by Crippen LogP contribution is -2.27. The van der Waals surface area contributed by atoms with Gasteiger partial charge >= 0.3 is 0 Å². The molecule has 0 spiro atoms. The van der Waals surface area contributed by atoms with Crippen molar-refractivity contribution in [2.75, 3.05) is 20.3 Å². The zero-order valence-electron chi connectivity index (χ0n) is 12.3. The summed E-state index contributed by atoms with van der Waals surface area (Å²) in [5.41, 5.74) is 3.49.